The fraction of sp³-hybridized carbons (Fsp3) is 0.0952. The second-order valence-corrected chi connectivity index (χ2v) is 12.3. The Morgan fingerprint density at radius 2 is 1.18 bits per heavy atom. The third-order valence-electron chi connectivity index (χ3n) is 9.78. The zero-order valence-electron chi connectivity index (χ0n) is 24.9. The first kappa shape index (κ1) is 25.9. The molecule has 0 bridgehead atoms. The maximum atomic E-state index is 7.03. The number of rotatable bonds is 3. The van der Waals surface area contributed by atoms with E-state index in [1.54, 1.807) is 0 Å². The number of hydrogen-bond acceptors (Lipinski definition) is 3. The van der Waals surface area contributed by atoms with E-state index in [1.807, 2.05) is 24.3 Å². The molecule has 1 unspecified atom stereocenters. The van der Waals surface area contributed by atoms with Gasteiger partial charge in [-0.15, -0.1) is 10.2 Å². The molecule has 1 aromatic heterocycles. The molecule has 0 radical (unpaired) electrons. The SMILES string of the molecule is CC12CC=CC=C1C1(c3ccc(-c4cccc(-c5ccc(-c6ccccc6)nn5)c4)cc3O2)c2ccccc2-c2ccccc21. The van der Waals surface area contributed by atoms with Crippen molar-refractivity contribution in [3.63, 3.8) is 0 Å². The molecular weight excluding hydrogens is 548 g/mol. The topological polar surface area (TPSA) is 35.0 Å². The highest BCUT2D eigenvalue weighted by atomic mass is 16.5. The lowest BCUT2D eigenvalue weighted by molar-refractivity contribution is 0.102. The summed E-state index contributed by atoms with van der Waals surface area (Å²) >= 11 is 0. The molecule has 1 aliphatic heterocycles. The minimum atomic E-state index is -0.469. The molecule has 0 saturated heterocycles. The van der Waals surface area contributed by atoms with Gasteiger partial charge in [0.2, 0.25) is 0 Å². The predicted octanol–water partition coefficient (Wildman–Crippen LogP) is 9.83. The van der Waals surface area contributed by atoms with Crippen LogP contribution in [0.25, 0.3) is 44.8 Å². The molecule has 0 fully saturated rings. The van der Waals surface area contributed by atoms with Crippen LogP contribution in [0.4, 0.5) is 0 Å². The average molecular weight is 579 g/mol. The molecule has 2 aliphatic carbocycles. The highest BCUT2D eigenvalue weighted by Gasteiger charge is 2.57. The van der Waals surface area contributed by atoms with Crippen LogP contribution in [-0.2, 0) is 5.41 Å². The minimum absolute atomic E-state index is 0.420. The van der Waals surface area contributed by atoms with Crippen LogP contribution < -0.4 is 4.74 Å². The summed E-state index contributed by atoms with van der Waals surface area (Å²) in [5.74, 6) is 0.936. The average Bonchev–Trinajstić information content (AvgIpc) is 3.39. The van der Waals surface area contributed by atoms with E-state index in [2.05, 4.69) is 145 Å². The predicted molar refractivity (Wildman–Crippen MR) is 181 cm³/mol. The van der Waals surface area contributed by atoms with Crippen molar-refractivity contribution >= 4 is 0 Å². The van der Waals surface area contributed by atoms with Crippen LogP contribution in [0.15, 0.2) is 157 Å². The molecule has 0 saturated carbocycles. The van der Waals surface area contributed by atoms with E-state index in [0.717, 1.165) is 45.8 Å². The number of fused-ring (bicyclic) bond motifs is 9. The molecule has 5 aromatic carbocycles. The lowest BCUT2D eigenvalue weighted by Crippen LogP contribution is -2.50. The van der Waals surface area contributed by atoms with E-state index in [9.17, 15) is 0 Å². The monoisotopic (exact) mass is 578 g/mol. The lowest BCUT2D eigenvalue weighted by Gasteiger charge is -2.50. The zero-order chi connectivity index (χ0) is 30.0. The Morgan fingerprint density at radius 3 is 1.91 bits per heavy atom. The van der Waals surface area contributed by atoms with E-state index < -0.39 is 11.0 Å². The number of aromatic nitrogens is 2. The van der Waals surface area contributed by atoms with Gasteiger partial charge >= 0.3 is 0 Å². The number of nitrogens with zero attached hydrogens (tertiary/aromatic N) is 2. The normalized spacial score (nSPS) is 18.3. The Hall–Kier alpha value is -5.54. The highest BCUT2D eigenvalue weighted by molar-refractivity contribution is 5.88. The van der Waals surface area contributed by atoms with Gasteiger partial charge in [0.05, 0.1) is 16.8 Å². The molecule has 0 amide bonds. The first-order chi connectivity index (χ1) is 22.1. The van der Waals surface area contributed by atoms with Gasteiger partial charge < -0.3 is 4.74 Å². The summed E-state index contributed by atoms with van der Waals surface area (Å²) in [5, 5.41) is 9.12. The van der Waals surface area contributed by atoms with Gasteiger partial charge in [0.15, 0.2) is 0 Å². The Morgan fingerprint density at radius 1 is 0.556 bits per heavy atom. The molecule has 1 atom stereocenters. The maximum Gasteiger partial charge on any atom is 0.132 e. The molecule has 3 aliphatic rings. The van der Waals surface area contributed by atoms with Crippen LogP contribution in [-0.4, -0.2) is 15.8 Å². The number of benzene rings is 5. The Bertz CT molecular complexity index is 2130. The van der Waals surface area contributed by atoms with E-state index in [0.29, 0.717) is 0 Å². The number of allylic oxidation sites excluding steroid dienone is 2. The van der Waals surface area contributed by atoms with Gasteiger partial charge in [0.1, 0.15) is 11.4 Å². The second-order valence-electron chi connectivity index (χ2n) is 12.3. The first-order valence-corrected chi connectivity index (χ1v) is 15.6. The third-order valence-corrected chi connectivity index (χ3v) is 9.78. The van der Waals surface area contributed by atoms with Crippen LogP contribution in [0.5, 0.6) is 5.75 Å². The lowest BCUT2D eigenvalue weighted by atomic mass is 9.59. The maximum absolute atomic E-state index is 7.03. The summed E-state index contributed by atoms with van der Waals surface area (Å²) in [6, 6.07) is 47.4. The molecular formula is C42H30N2O. The Balaban J connectivity index is 1.18. The third kappa shape index (κ3) is 3.77. The molecule has 3 heteroatoms. The van der Waals surface area contributed by atoms with E-state index >= 15 is 0 Å². The molecule has 1 spiro atoms. The van der Waals surface area contributed by atoms with Crippen LogP contribution in [0, 0.1) is 0 Å². The fourth-order valence-corrected chi connectivity index (χ4v) is 7.77. The summed E-state index contributed by atoms with van der Waals surface area (Å²) in [7, 11) is 0. The van der Waals surface area contributed by atoms with Crippen LogP contribution in [0.1, 0.15) is 30.0 Å². The van der Waals surface area contributed by atoms with Gasteiger partial charge in [-0.05, 0) is 70.1 Å². The van der Waals surface area contributed by atoms with Crippen molar-refractivity contribution in [1.29, 1.82) is 0 Å². The van der Waals surface area contributed by atoms with Crippen molar-refractivity contribution < 1.29 is 4.74 Å². The summed E-state index contributed by atoms with van der Waals surface area (Å²) in [5.41, 5.74) is 12.9. The van der Waals surface area contributed by atoms with Crippen LogP contribution in [0.2, 0.25) is 0 Å². The van der Waals surface area contributed by atoms with E-state index in [-0.39, 0.29) is 0 Å². The standard InChI is InChI=1S/C42H30N2O/c1-41-25-10-9-20-40(41)42(34-18-7-5-16-32(34)33-17-6-8-19-35(33)42)36-22-21-30(27-39(36)45-41)29-14-11-15-31(26-29)38-24-23-37(43-44-38)28-12-3-2-4-13-28/h2-24,26-27H,25H2,1H3. The molecule has 3 nitrogen and oxygen atoms in total. The van der Waals surface area contributed by atoms with E-state index in [1.165, 1.54) is 33.4 Å². The largest absolute Gasteiger partial charge is 0.482 e. The van der Waals surface area contributed by atoms with Gasteiger partial charge in [-0.25, -0.2) is 0 Å². The molecule has 45 heavy (non-hydrogen) atoms. The van der Waals surface area contributed by atoms with Gasteiger partial charge in [0.25, 0.3) is 0 Å². The van der Waals surface area contributed by atoms with Gasteiger partial charge in [0, 0.05) is 23.1 Å². The van der Waals surface area contributed by atoms with Crippen molar-refractivity contribution in [2.75, 3.05) is 0 Å². The van der Waals surface area contributed by atoms with Crippen molar-refractivity contribution in [3.05, 3.63) is 174 Å². The van der Waals surface area contributed by atoms with E-state index in [4.69, 9.17) is 4.74 Å². The molecule has 9 rings (SSSR count). The number of hydrogen-bond donors (Lipinski definition) is 0. The molecule has 0 N–H and O–H groups in total. The molecule has 6 aromatic rings. The van der Waals surface area contributed by atoms with Crippen molar-refractivity contribution in [3.8, 4) is 50.5 Å². The number of ether oxygens (including phenoxy) is 1. The van der Waals surface area contributed by atoms with Crippen LogP contribution in [0.3, 0.4) is 0 Å². The Kier molecular flexibility index (Phi) is 5.61. The van der Waals surface area contributed by atoms with Crippen molar-refractivity contribution in [2.24, 2.45) is 0 Å². The quantitative estimate of drug-likeness (QED) is 0.210. The second kappa shape index (κ2) is 9.73. The summed E-state index contributed by atoms with van der Waals surface area (Å²) in [6.07, 6.45) is 7.55. The fourth-order valence-electron chi connectivity index (χ4n) is 7.77. The summed E-state index contributed by atoms with van der Waals surface area (Å²) < 4.78 is 7.03. The van der Waals surface area contributed by atoms with Gasteiger partial charge in [-0.3, -0.25) is 0 Å². The van der Waals surface area contributed by atoms with Gasteiger partial charge in [-0.1, -0.05) is 127 Å². The zero-order valence-corrected chi connectivity index (χ0v) is 24.9. The summed E-state index contributed by atoms with van der Waals surface area (Å²) in [4.78, 5) is 0. The molecule has 2 heterocycles. The van der Waals surface area contributed by atoms with Crippen molar-refractivity contribution in [1.82, 2.24) is 10.2 Å². The highest BCUT2D eigenvalue weighted by Crippen LogP contribution is 2.63. The Labute approximate surface area is 263 Å². The van der Waals surface area contributed by atoms with Crippen LogP contribution >= 0.6 is 0 Å². The molecule has 214 valence electrons. The van der Waals surface area contributed by atoms with Crippen molar-refractivity contribution in [2.45, 2.75) is 24.4 Å². The smallest absolute Gasteiger partial charge is 0.132 e. The first-order valence-electron chi connectivity index (χ1n) is 15.6. The van der Waals surface area contributed by atoms with Gasteiger partial charge in [-0.2, -0.15) is 0 Å². The summed E-state index contributed by atoms with van der Waals surface area (Å²) in [6.45, 7) is 2.25. The minimum Gasteiger partial charge on any atom is -0.482 e.